The molecule has 22 heavy (non-hydrogen) atoms. The van der Waals surface area contributed by atoms with Crippen molar-refractivity contribution in [3.8, 4) is 5.69 Å². The number of nitrogens with one attached hydrogen (secondary N) is 1. The molecule has 0 aliphatic heterocycles. The molecule has 0 bridgehead atoms. The van der Waals surface area contributed by atoms with E-state index in [1.54, 1.807) is 16.0 Å². The van der Waals surface area contributed by atoms with Crippen LogP contribution in [-0.2, 0) is 0 Å². The Bertz CT molecular complexity index is 945. The van der Waals surface area contributed by atoms with Gasteiger partial charge in [-0.1, -0.05) is 31.2 Å². The molecule has 2 heterocycles. The number of H-pyrrole nitrogens is 1. The van der Waals surface area contributed by atoms with E-state index in [9.17, 15) is 4.79 Å². The second-order valence-corrected chi connectivity index (χ2v) is 6.44. The molecule has 0 fully saturated rings. The molecule has 4 heteroatoms. The summed E-state index contributed by atoms with van der Waals surface area (Å²) in [6, 6.07) is 13.8. The van der Waals surface area contributed by atoms with Gasteiger partial charge in [-0.05, 0) is 43.7 Å². The standard InChI is InChI=1S/C18H18N2OS/c1-3-7-17-16(12-15-11-10-13(2)22-15)18(21)20(19-17)14-8-5-4-6-9-14/h4-12,19H,3H2,1-2H3/b16-12-,17-7+. The number of hydrogen-bond acceptors (Lipinski definition) is 2. The fourth-order valence-electron chi connectivity index (χ4n) is 2.40. The molecule has 0 saturated heterocycles. The average molecular weight is 310 g/mol. The van der Waals surface area contributed by atoms with Crippen molar-refractivity contribution in [1.82, 2.24) is 9.78 Å². The van der Waals surface area contributed by atoms with Gasteiger partial charge in [0.25, 0.3) is 5.56 Å². The first-order chi connectivity index (χ1) is 10.7. The van der Waals surface area contributed by atoms with Crippen molar-refractivity contribution in [2.24, 2.45) is 0 Å². The molecule has 1 N–H and O–H groups in total. The van der Waals surface area contributed by atoms with E-state index < -0.39 is 0 Å². The zero-order valence-corrected chi connectivity index (χ0v) is 13.5. The van der Waals surface area contributed by atoms with Crippen molar-refractivity contribution in [3.63, 3.8) is 0 Å². The van der Waals surface area contributed by atoms with Crippen molar-refractivity contribution in [1.29, 1.82) is 0 Å². The highest BCUT2D eigenvalue weighted by Gasteiger charge is 2.05. The Morgan fingerprint density at radius 2 is 1.95 bits per heavy atom. The van der Waals surface area contributed by atoms with Gasteiger partial charge in [-0.2, -0.15) is 0 Å². The number of nitrogens with zero attached hydrogens (tertiary/aromatic N) is 1. The summed E-state index contributed by atoms with van der Waals surface area (Å²) in [4.78, 5) is 15.1. The van der Waals surface area contributed by atoms with Gasteiger partial charge >= 0.3 is 0 Å². The van der Waals surface area contributed by atoms with Crippen LogP contribution in [0.15, 0.2) is 47.3 Å². The fourth-order valence-corrected chi connectivity index (χ4v) is 3.22. The summed E-state index contributed by atoms with van der Waals surface area (Å²) in [6.45, 7) is 4.14. The van der Waals surface area contributed by atoms with Crippen LogP contribution < -0.4 is 16.1 Å². The monoisotopic (exact) mass is 310 g/mol. The number of rotatable bonds is 3. The topological polar surface area (TPSA) is 37.8 Å². The molecule has 112 valence electrons. The van der Waals surface area contributed by atoms with Crippen molar-refractivity contribution in [2.45, 2.75) is 20.3 Å². The van der Waals surface area contributed by atoms with E-state index in [4.69, 9.17) is 0 Å². The summed E-state index contributed by atoms with van der Waals surface area (Å²) in [5.74, 6) is 0. The van der Waals surface area contributed by atoms with E-state index in [2.05, 4.69) is 31.1 Å². The highest BCUT2D eigenvalue weighted by molar-refractivity contribution is 7.12. The van der Waals surface area contributed by atoms with Crippen LogP contribution in [0.1, 0.15) is 23.1 Å². The van der Waals surface area contributed by atoms with Gasteiger partial charge in [0.05, 0.1) is 16.3 Å². The van der Waals surface area contributed by atoms with Gasteiger partial charge in [0.1, 0.15) is 0 Å². The molecule has 0 radical (unpaired) electrons. The van der Waals surface area contributed by atoms with Gasteiger partial charge in [-0.3, -0.25) is 9.89 Å². The Morgan fingerprint density at radius 3 is 2.59 bits per heavy atom. The van der Waals surface area contributed by atoms with Crippen LogP contribution in [0.5, 0.6) is 0 Å². The normalized spacial score (nSPS) is 13.0. The molecule has 2 aromatic heterocycles. The van der Waals surface area contributed by atoms with Crippen LogP contribution in [0.2, 0.25) is 0 Å². The number of benzene rings is 1. The first-order valence-corrected chi connectivity index (χ1v) is 8.15. The third kappa shape index (κ3) is 2.83. The highest BCUT2D eigenvalue weighted by Crippen LogP contribution is 2.14. The minimum absolute atomic E-state index is 0.0167. The zero-order valence-electron chi connectivity index (χ0n) is 12.7. The maximum absolute atomic E-state index is 12.8. The van der Waals surface area contributed by atoms with E-state index in [-0.39, 0.29) is 5.56 Å². The predicted octanol–water partition coefficient (Wildman–Crippen LogP) is 2.55. The van der Waals surface area contributed by atoms with Crippen LogP contribution in [0.25, 0.3) is 17.8 Å². The molecule has 0 saturated carbocycles. The lowest BCUT2D eigenvalue weighted by Crippen LogP contribution is -2.34. The number of hydrogen-bond donors (Lipinski definition) is 1. The lowest BCUT2D eigenvalue weighted by atomic mass is 10.3. The molecule has 0 unspecified atom stereocenters. The second kappa shape index (κ2) is 6.20. The summed E-state index contributed by atoms with van der Waals surface area (Å²) in [5, 5.41) is 4.81. The molecule has 0 aliphatic rings. The maximum Gasteiger partial charge on any atom is 0.279 e. The number of thiophene rings is 1. The quantitative estimate of drug-likeness (QED) is 0.793. The Labute approximate surface area is 132 Å². The molecule has 0 atom stereocenters. The molecular formula is C18H18N2OS. The van der Waals surface area contributed by atoms with E-state index in [1.807, 2.05) is 42.5 Å². The first-order valence-electron chi connectivity index (χ1n) is 7.34. The van der Waals surface area contributed by atoms with Crippen molar-refractivity contribution >= 4 is 23.5 Å². The molecule has 1 aromatic carbocycles. The molecule has 3 rings (SSSR count). The summed E-state index contributed by atoms with van der Waals surface area (Å²) in [6.07, 6.45) is 4.89. The van der Waals surface area contributed by atoms with Crippen molar-refractivity contribution in [3.05, 3.63) is 73.1 Å². The van der Waals surface area contributed by atoms with Gasteiger partial charge in [0.15, 0.2) is 0 Å². The molecule has 0 aliphatic carbocycles. The molecule has 3 aromatic rings. The third-order valence-corrected chi connectivity index (χ3v) is 4.37. The van der Waals surface area contributed by atoms with Gasteiger partial charge in [-0.15, -0.1) is 11.3 Å². The van der Waals surface area contributed by atoms with E-state index in [1.165, 1.54) is 4.88 Å². The fraction of sp³-hybridized carbons (Fsp3) is 0.167. The van der Waals surface area contributed by atoms with E-state index in [0.29, 0.717) is 5.22 Å². The van der Waals surface area contributed by atoms with Crippen LogP contribution in [0.3, 0.4) is 0 Å². The Kier molecular flexibility index (Phi) is 4.11. The molecule has 3 nitrogen and oxygen atoms in total. The van der Waals surface area contributed by atoms with Crippen molar-refractivity contribution < 1.29 is 0 Å². The predicted molar refractivity (Wildman–Crippen MR) is 93.0 cm³/mol. The SMILES string of the molecule is CC/C=c1/[nH]n(-c2ccccc2)c(=O)/c1=C\c1ccc(C)s1. The molecule has 0 amide bonds. The van der Waals surface area contributed by atoms with Crippen LogP contribution in [-0.4, -0.2) is 9.78 Å². The summed E-state index contributed by atoms with van der Waals surface area (Å²) in [7, 11) is 0. The minimum Gasteiger partial charge on any atom is -0.291 e. The number of aryl methyl sites for hydroxylation is 1. The van der Waals surface area contributed by atoms with E-state index in [0.717, 1.165) is 22.3 Å². The largest absolute Gasteiger partial charge is 0.291 e. The lowest BCUT2D eigenvalue weighted by Gasteiger charge is -1.99. The molecular weight excluding hydrogens is 292 g/mol. The van der Waals surface area contributed by atoms with Crippen LogP contribution in [0, 0.1) is 6.92 Å². The van der Waals surface area contributed by atoms with Crippen molar-refractivity contribution in [2.75, 3.05) is 0 Å². The second-order valence-electron chi connectivity index (χ2n) is 5.12. The molecule has 0 spiro atoms. The Hall–Kier alpha value is -2.33. The number of para-hydroxylation sites is 1. The van der Waals surface area contributed by atoms with E-state index >= 15 is 0 Å². The third-order valence-electron chi connectivity index (χ3n) is 3.43. The number of aromatic nitrogens is 2. The first kappa shape index (κ1) is 14.6. The van der Waals surface area contributed by atoms with Gasteiger partial charge < -0.3 is 0 Å². The minimum atomic E-state index is -0.0167. The van der Waals surface area contributed by atoms with Gasteiger partial charge in [0, 0.05) is 9.75 Å². The number of aromatic amines is 1. The van der Waals surface area contributed by atoms with Gasteiger partial charge in [-0.25, -0.2) is 4.68 Å². The highest BCUT2D eigenvalue weighted by atomic mass is 32.1. The Morgan fingerprint density at radius 1 is 1.18 bits per heavy atom. The summed E-state index contributed by atoms with van der Waals surface area (Å²) < 4.78 is 1.60. The smallest absolute Gasteiger partial charge is 0.279 e. The zero-order chi connectivity index (χ0) is 15.5. The van der Waals surface area contributed by atoms with Crippen LogP contribution >= 0.6 is 11.3 Å². The lowest BCUT2D eigenvalue weighted by molar-refractivity contribution is 0.836. The van der Waals surface area contributed by atoms with Crippen LogP contribution in [0.4, 0.5) is 0 Å². The van der Waals surface area contributed by atoms with Gasteiger partial charge in [0.2, 0.25) is 0 Å². The summed E-state index contributed by atoms with van der Waals surface area (Å²) in [5.41, 5.74) is 0.831. The average Bonchev–Trinajstić information content (AvgIpc) is 3.07. The maximum atomic E-state index is 12.8. The Balaban J connectivity index is 2.26. The summed E-state index contributed by atoms with van der Waals surface area (Å²) >= 11 is 1.69.